The predicted molar refractivity (Wildman–Crippen MR) is 80.8 cm³/mol. The molecule has 1 unspecified atom stereocenters. The molecule has 4 nitrogen and oxygen atoms in total. The zero-order valence-electron chi connectivity index (χ0n) is 11.9. The summed E-state index contributed by atoms with van der Waals surface area (Å²) in [4.78, 5) is 24.5. The third-order valence-electron chi connectivity index (χ3n) is 4.28. The van der Waals surface area contributed by atoms with Gasteiger partial charge in [0.2, 0.25) is 0 Å². The molecule has 2 aliphatic rings. The van der Waals surface area contributed by atoms with E-state index in [2.05, 4.69) is 11.7 Å². The first-order chi connectivity index (χ1) is 10.2. The van der Waals surface area contributed by atoms with E-state index in [0.717, 1.165) is 30.4 Å². The summed E-state index contributed by atoms with van der Waals surface area (Å²) < 4.78 is 0. The highest BCUT2D eigenvalue weighted by molar-refractivity contribution is 5.93. The van der Waals surface area contributed by atoms with Crippen LogP contribution in [0.1, 0.15) is 42.9 Å². The third-order valence-corrected chi connectivity index (χ3v) is 4.28. The van der Waals surface area contributed by atoms with Crippen LogP contribution in [0.15, 0.2) is 42.0 Å². The van der Waals surface area contributed by atoms with Crippen LogP contribution in [0.4, 0.5) is 0 Å². The number of ketones is 1. The number of nitrogens with zero attached hydrogens (tertiary/aromatic N) is 2. The SMILES string of the molecule is C=CC(=O)N1N=Cc2ccccc2C1[C@@H]1CCCCC1=O. The predicted octanol–water partition coefficient (Wildman–Crippen LogP) is 2.85. The number of benzene rings is 1. The number of fused-ring (bicyclic) bond motifs is 1. The number of hydrogen-bond donors (Lipinski definition) is 0. The maximum Gasteiger partial charge on any atom is 0.266 e. The molecule has 1 aliphatic carbocycles. The quantitative estimate of drug-likeness (QED) is 0.783. The Labute approximate surface area is 124 Å². The van der Waals surface area contributed by atoms with Gasteiger partial charge in [0.1, 0.15) is 5.78 Å². The molecular formula is C17H18N2O2. The van der Waals surface area contributed by atoms with Crippen molar-refractivity contribution < 1.29 is 9.59 Å². The Morgan fingerprint density at radius 2 is 2.14 bits per heavy atom. The number of carbonyl (C=O) groups excluding carboxylic acids is 2. The summed E-state index contributed by atoms with van der Waals surface area (Å²) in [6, 6.07) is 7.53. The minimum Gasteiger partial charge on any atom is -0.299 e. The van der Waals surface area contributed by atoms with E-state index in [9.17, 15) is 9.59 Å². The summed E-state index contributed by atoms with van der Waals surface area (Å²) in [5.41, 5.74) is 1.98. The molecule has 0 saturated heterocycles. The Balaban J connectivity index is 2.06. The monoisotopic (exact) mass is 282 g/mol. The Morgan fingerprint density at radius 3 is 2.90 bits per heavy atom. The smallest absolute Gasteiger partial charge is 0.266 e. The molecule has 1 amide bonds. The highest BCUT2D eigenvalue weighted by Crippen LogP contribution is 2.39. The Morgan fingerprint density at radius 1 is 1.33 bits per heavy atom. The van der Waals surface area contributed by atoms with Gasteiger partial charge in [-0.25, -0.2) is 5.01 Å². The van der Waals surface area contributed by atoms with Crippen molar-refractivity contribution in [1.82, 2.24) is 5.01 Å². The van der Waals surface area contributed by atoms with E-state index in [1.54, 1.807) is 6.21 Å². The molecule has 1 aliphatic heterocycles. The Hall–Kier alpha value is -2.23. The van der Waals surface area contributed by atoms with Crippen molar-refractivity contribution in [3.63, 3.8) is 0 Å². The fraction of sp³-hybridized carbons (Fsp3) is 0.353. The van der Waals surface area contributed by atoms with Crippen molar-refractivity contribution in [2.75, 3.05) is 0 Å². The lowest BCUT2D eigenvalue weighted by molar-refractivity contribution is -0.134. The van der Waals surface area contributed by atoms with Crippen molar-refractivity contribution in [1.29, 1.82) is 0 Å². The van der Waals surface area contributed by atoms with Crippen LogP contribution < -0.4 is 0 Å². The Kier molecular flexibility index (Phi) is 3.69. The minimum atomic E-state index is -0.301. The van der Waals surface area contributed by atoms with Gasteiger partial charge in [-0.1, -0.05) is 37.3 Å². The number of hydrazone groups is 1. The molecule has 0 N–H and O–H groups in total. The van der Waals surface area contributed by atoms with Crippen molar-refractivity contribution in [2.24, 2.45) is 11.0 Å². The molecule has 1 fully saturated rings. The second kappa shape index (κ2) is 5.64. The number of rotatable bonds is 2. The van der Waals surface area contributed by atoms with Gasteiger partial charge in [-0.2, -0.15) is 5.10 Å². The average molecular weight is 282 g/mol. The van der Waals surface area contributed by atoms with E-state index in [1.165, 1.54) is 11.1 Å². The van der Waals surface area contributed by atoms with Crippen LogP contribution >= 0.6 is 0 Å². The molecule has 4 heteroatoms. The topological polar surface area (TPSA) is 49.7 Å². The van der Waals surface area contributed by atoms with Gasteiger partial charge in [-0.05, 0) is 30.0 Å². The van der Waals surface area contributed by atoms with E-state index in [4.69, 9.17) is 0 Å². The highest BCUT2D eigenvalue weighted by atomic mass is 16.2. The lowest BCUT2D eigenvalue weighted by Gasteiger charge is -2.37. The molecule has 3 rings (SSSR count). The zero-order chi connectivity index (χ0) is 14.8. The van der Waals surface area contributed by atoms with E-state index < -0.39 is 0 Å². The van der Waals surface area contributed by atoms with Gasteiger partial charge in [0.05, 0.1) is 12.3 Å². The van der Waals surface area contributed by atoms with Crippen LogP contribution in [-0.2, 0) is 9.59 Å². The number of carbonyl (C=O) groups is 2. The van der Waals surface area contributed by atoms with Crippen LogP contribution in [0.25, 0.3) is 0 Å². The molecule has 0 radical (unpaired) electrons. The van der Waals surface area contributed by atoms with E-state index in [-0.39, 0.29) is 23.7 Å². The summed E-state index contributed by atoms with van der Waals surface area (Å²) in [5.74, 6) is -0.189. The van der Waals surface area contributed by atoms with E-state index in [1.807, 2.05) is 24.3 Å². The molecular weight excluding hydrogens is 264 g/mol. The summed E-state index contributed by atoms with van der Waals surface area (Å²) in [6.07, 6.45) is 6.32. The fourth-order valence-electron chi connectivity index (χ4n) is 3.24. The lowest BCUT2D eigenvalue weighted by Crippen LogP contribution is -2.40. The van der Waals surface area contributed by atoms with Crippen LogP contribution in [0.3, 0.4) is 0 Å². The van der Waals surface area contributed by atoms with Gasteiger partial charge >= 0.3 is 0 Å². The van der Waals surface area contributed by atoms with E-state index >= 15 is 0 Å². The highest BCUT2D eigenvalue weighted by Gasteiger charge is 2.39. The molecule has 108 valence electrons. The van der Waals surface area contributed by atoms with Crippen LogP contribution in [0.2, 0.25) is 0 Å². The van der Waals surface area contributed by atoms with Gasteiger partial charge in [-0.15, -0.1) is 0 Å². The van der Waals surface area contributed by atoms with Crippen molar-refractivity contribution in [3.8, 4) is 0 Å². The second-order valence-corrected chi connectivity index (χ2v) is 5.52. The number of amides is 1. The van der Waals surface area contributed by atoms with Gasteiger partial charge in [0, 0.05) is 12.3 Å². The van der Waals surface area contributed by atoms with Gasteiger partial charge in [-0.3, -0.25) is 9.59 Å². The molecule has 1 aromatic rings. The minimum absolute atomic E-state index is 0.166. The van der Waals surface area contributed by atoms with Crippen molar-refractivity contribution in [2.45, 2.75) is 31.7 Å². The van der Waals surface area contributed by atoms with Crippen molar-refractivity contribution in [3.05, 3.63) is 48.0 Å². The van der Waals surface area contributed by atoms with Crippen LogP contribution in [0, 0.1) is 5.92 Å². The lowest BCUT2D eigenvalue weighted by atomic mass is 9.78. The fourth-order valence-corrected chi connectivity index (χ4v) is 3.24. The summed E-state index contributed by atoms with van der Waals surface area (Å²) in [7, 11) is 0. The van der Waals surface area contributed by atoms with Gasteiger partial charge < -0.3 is 0 Å². The average Bonchev–Trinajstić information content (AvgIpc) is 2.54. The standard InChI is InChI=1S/C17H18N2O2/c1-2-16(21)19-17(14-9-5-6-10-15(14)20)13-8-4-3-7-12(13)11-18-19/h2-4,7-8,11,14,17H,1,5-6,9-10H2/t14-,17?/m1/s1. The maximum absolute atomic E-state index is 12.3. The first kappa shape index (κ1) is 13.7. The molecule has 0 aromatic heterocycles. The summed E-state index contributed by atoms with van der Waals surface area (Å²) >= 11 is 0. The molecule has 2 atom stereocenters. The molecule has 21 heavy (non-hydrogen) atoms. The zero-order valence-corrected chi connectivity index (χ0v) is 11.9. The largest absolute Gasteiger partial charge is 0.299 e. The second-order valence-electron chi connectivity index (χ2n) is 5.52. The first-order valence-electron chi connectivity index (χ1n) is 7.33. The van der Waals surface area contributed by atoms with E-state index in [0.29, 0.717) is 6.42 Å². The first-order valence-corrected chi connectivity index (χ1v) is 7.33. The van der Waals surface area contributed by atoms with Gasteiger partial charge in [0.25, 0.3) is 5.91 Å². The van der Waals surface area contributed by atoms with Gasteiger partial charge in [0.15, 0.2) is 0 Å². The van der Waals surface area contributed by atoms with Crippen LogP contribution in [0.5, 0.6) is 0 Å². The molecule has 1 heterocycles. The molecule has 0 bridgehead atoms. The number of hydrogen-bond acceptors (Lipinski definition) is 3. The normalized spacial score (nSPS) is 24.6. The molecule has 1 aromatic carbocycles. The Bertz CT molecular complexity index is 621. The molecule has 1 saturated carbocycles. The summed E-state index contributed by atoms with van der Waals surface area (Å²) in [5, 5.41) is 5.69. The summed E-state index contributed by atoms with van der Waals surface area (Å²) in [6.45, 7) is 3.54. The van der Waals surface area contributed by atoms with Crippen LogP contribution in [-0.4, -0.2) is 22.9 Å². The van der Waals surface area contributed by atoms with Crippen molar-refractivity contribution >= 4 is 17.9 Å². The number of Topliss-reactive ketones (excluding diaryl/α,β-unsaturated/α-hetero) is 1. The maximum atomic E-state index is 12.3. The third kappa shape index (κ3) is 2.42. The molecule has 0 spiro atoms.